The van der Waals surface area contributed by atoms with E-state index in [1.807, 2.05) is 0 Å². The molecule has 4 rings (SSSR count). The van der Waals surface area contributed by atoms with Gasteiger partial charge in [-0.25, -0.2) is 0 Å². The van der Waals surface area contributed by atoms with Crippen LogP contribution in [0.25, 0.3) is 0 Å². The minimum atomic E-state index is -0.907. The molecule has 30 heavy (non-hydrogen) atoms. The fraction of sp³-hybridized carbons (Fsp3) is 0.500. The van der Waals surface area contributed by atoms with Crippen molar-refractivity contribution >= 4 is 0 Å². The summed E-state index contributed by atoms with van der Waals surface area (Å²) in [6.45, 7) is 0. The molecule has 2 aromatic rings. The fourth-order valence-electron chi connectivity index (χ4n) is 4.64. The predicted molar refractivity (Wildman–Crippen MR) is 114 cm³/mol. The molecule has 2 saturated carbocycles. The van der Waals surface area contributed by atoms with Crippen LogP contribution in [0.2, 0.25) is 0 Å². The quantitative estimate of drug-likeness (QED) is 0.429. The molecule has 0 aromatic heterocycles. The van der Waals surface area contributed by atoms with Crippen molar-refractivity contribution in [3.8, 4) is 23.0 Å². The largest absolute Gasteiger partial charge is 0.508 e. The van der Waals surface area contributed by atoms with Crippen molar-refractivity contribution in [2.75, 3.05) is 0 Å². The van der Waals surface area contributed by atoms with Gasteiger partial charge in [0.1, 0.15) is 23.0 Å². The lowest BCUT2D eigenvalue weighted by atomic mass is 9.79. The van der Waals surface area contributed by atoms with Gasteiger partial charge < -0.3 is 30.6 Å². The minimum absolute atomic E-state index is 0.0144. The summed E-state index contributed by atoms with van der Waals surface area (Å²) in [4.78, 5) is 0. The van der Waals surface area contributed by atoms with Crippen molar-refractivity contribution in [1.29, 1.82) is 0 Å². The molecular weight excluding hydrogens is 384 g/mol. The summed E-state index contributed by atoms with van der Waals surface area (Å²) < 4.78 is 0. The zero-order valence-corrected chi connectivity index (χ0v) is 17.2. The molecule has 0 bridgehead atoms. The van der Waals surface area contributed by atoms with E-state index in [1.54, 1.807) is 12.1 Å². The average molecular weight is 417 g/mol. The summed E-state index contributed by atoms with van der Waals surface area (Å²) in [5, 5.41) is 58.5. The second-order valence-corrected chi connectivity index (χ2v) is 8.59. The van der Waals surface area contributed by atoms with Gasteiger partial charge in [0.15, 0.2) is 0 Å². The molecule has 0 spiro atoms. The van der Waals surface area contributed by atoms with Crippen LogP contribution < -0.4 is 0 Å². The van der Waals surface area contributed by atoms with Crippen LogP contribution >= 0.6 is 0 Å². The van der Waals surface area contributed by atoms with Crippen molar-refractivity contribution in [3.63, 3.8) is 0 Å². The molecule has 6 nitrogen and oxygen atoms in total. The van der Waals surface area contributed by atoms with Crippen LogP contribution in [0.1, 0.15) is 75.3 Å². The number of rotatable bonds is 2. The van der Waals surface area contributed by atoms with E-state index in [-0.39, 0.29) is 23.0 Å². The molecule has 0 radical (unpaired) electrons. The summed E-state index contributed by atoms with van der Waals surface area (Å²) in [6, 6.07) is 8.78. The van der Waals surface area contributed by atoms with Gasteiger partial charge in [-0.15, -0.1) is 0 Å². The number of hydrogen-bond donors (Lipinski definition) is 6. The van der Waals surface area contributed by atoms with Gasteiger partial charge in [0.2, 0.25) is 0 Å². The van der Waals surface area contributed by atoms with Gasteiger partial charge >= 0.3 is 0 Å². The van der Waals surface area contributed by atoms with Crippen LogP contribution in [-0.4, -0.2) is 30.6 Å². The summed E-state index contributed by atoms with van der Waals surface area (Å²) in [5.41, 5.74) is -0.730. The van der Waals surface area contributed by atoms with Gasteiger partial charge in [-0.2, -0.15) is 0 Å². The lowest BCUT2D eigenvalue weighted by Gasteiger charge is -2.32. The third kappa shape index (κ3) is 4.99. The lowest BCUT2D eigenvalue weighted by Crippen LogP contribution is -2.28. The molecule has 2 aliphatic rings. The van der Waals surface area contributed by atoms with Crippen molar-refractivity contribution in [2.45, 2.75) is 75.4 Å². The average Bonchev–Trinajstić information content (AvgIpc) is 2.69. The molecule has 0 heterocycles. The topological polar surface area (TPSA) is 121 Å². The summed E-state index contributed by atoms with van der Waals surface area (Å²) in [7, 11) is 0. The molecule has 0 saturated heterocycles. The van der Waals surface area contributed by atoms with Crippen LogP contribution in [-0.2, 0) is 11.2 Å². The Bertz CT molecular complexity index is 779. The first-order valence-corrected chi connectivity index (χ1v) is 10.7. The number of aliphatic hydroxyl groups is 2. The Morgan fingerprint density at radius 2 is 0.833 bits per heavy atom. The van der Waals surface area contributed by atoms with E-state index < -0.39 is 11.2 Å². The Morgan fingerprint density at radius 3 is 1.13 bits per heavy atom. The van der Waals surface area contributed by atoms with E-state index in [4.69, 9.17) is 0 Å². The zero-order valence-electron chi connectivity index (χ0n) is 17.2. The molecular formula is C24H32O6. The molecule has 2 fully saturated rings. The first-order valence-electron chi connectivity index (χ1n) is 10.7. The first-order chi connectivity index (χ1) is 14.2. The maximum Gasteiger partial charge on any atom is 0.125 e. The molecule has 2 aliphatic carbocycles. The summed E-state index contributed by atoms with van der Waals surface area (Å²) in [5.74, 6) is 0.0186. The van der Waals surface area contributed by atoms with Crippen LogP contribution in [0, 0.1) is 0 Å². The van der Waals surface area contributed by atoms with E-state index in [2.05, 4.69) is 0 Å². The van der Waals surface area contributed by atoms with Gasteiger partial charge in [-0.3, -0.25) is 0 Å². The summed E-state index contributed by atoms with van der Waals surface area (Å²) in [6.07, 6.45) is 8.96. The van der Waals surface area contributed by atoms with Crippen LogP contribution in [0.3, 0.4) is 0 Å². The van der Waals surface area contributed by atoms with Crippen molar-refractivity contribution in [1.82, 2.24) is 0 Å². The van der Waals surface area contributed by atoms with E-state index in [0.717, 1.165) is 38.5 Å². The highest BCUT2D eigenvalue weighted by atomic mass is 16.3. The Hall–Kier alpha value is -2.44. The standard InChI is InChI=1S/2C12H16O3/c2*13-9-4-5-10(11(14)8-9)12(15)6-2-1-3-7-12/h2*4-5,8,13-15H,1-3,6-7H2. The molecule has 0 aliphatic heterocycles. The van der Waals surface area contributed by atoms with Crippen LogP contribution in [0.4, 0.5) is 0 Å². The monoisotopic (exact) mass is 416 g/mol. The Balaban J connectivity index is 0.000000171. The molecule has 0 amide bonds. The Morgan fingerprint density at radius 1 is 0.500 bits per heavy atom. The molecule has 0 unspecified atom stereocenters. The van der Waals surface area contributed by atoms with Crippen LogP contribution in [0.15, 0.2) is 36.4 Å². The van der Waals surface area contributed by atoms with Gasteiger partial charge in [-0.1, -0.05) is 38.5 Å². The highest BCUT2D eigenvalue weighted by Crippen LogP contribution is 2.42. The minimum Gasteiger partial charge on any atom is -0.508 e. The predicted octanol–water partition coefficient (Wildman–Crippen LogP) is 4.50. The van der Waals surface area contributed by atoms with Crippen molar-refractivity contribution in [3.05, 3.63) is 47.5 Å². The second kappa shape index (κ2) is 9.14. The second-order valence-electron chi connectivity index (χ2n) is 8.59. The van der Waals surface area contributed by atoms with Gasteiger partial charge in [0.05, 0.1) is 11.2 Å². The number of phenolic OH excluding ortho intramolecular Hbond substituents is 4. The smallest absolute Gasteiger partial charge is 0.125 e. The van der Waals surface area contributed by atoms with E-state index in [1.165, 1.54) is 24.3 Å². The van der Waals surface area contributed by atoms with E-state index >= 15 is 0 Å². The SMILES string of the molecule is Oc1ccc(C2(O)CCCCC2)c(O)c1.Oc1ccc(C2(O)CCCCC2)c(O)c1. The van der Waals surface area contributed by atoms with Gasteiger partial charge in [0, 0.05) is 23.3 Å². The number of hydrogen-bond acceptors (Lipinski definition) is 6. The normalized spacial score (nSPS) is 20.1. The van der Waals surface area contributed by atoms with Crippen molar-refractivity contribution in [2.24, 2.45) is 0 Å². The number of benzene rings is 2. The van der Waals surface area contributed by atoms with E-state index in [0.29, 0.717) is 36.8 Å². The maximum absolute atomic E-state index is 10.4. The molecule has 6 heteroatoms. The maximum atomic E-state index is 10.4. The molecule has 0 atom stereocenters. The van der Waals surface area contributed by atoms with Gasteiger partial charge in [-0.05, 0) is 49.9 Å². The zero-order chi connectivity index (χ0) is 21.8. The van der Waals surface area contributed by atoms with Gasteiger partial charge in [0.25, 0.3) is 0 Å². The summed E-state index contributed by atoms with van der Waals surface area (Å²) >= 11 is 0. The van der Waals surface area contributed by atoms with E-state index in [9.17, 15) is 30.6 Å². The Kier molecular flexibility index (Phi) is 6.78. The highest BCUT2D eigenvalue weighted by molar-refractivity contribution is 5.43. The number of phenols is 4. The number of aromatic hydroxyl groups is 4. The molecule has 164 valence electrons. The fourth-order valence-corrected chi connectivity index (χ4v) is 4.64. The van der Waals surface area contributed by atoms with Crippen molar-refractivity contribution < 1.29 is 30.6 Å². The highest BCUT2D eigenvalue weighted by Gasteiger charge is 2.34. The van der Waals surface area contributed by atoms with Crippen LogP contribution in [0.5, 0.6) is 23.0 Å². The Labute approximate surface area is 177 Å². The first kappa shape index (κ1) is 22.2. The third-order valence-corrected chi connectivity index (χ3v) is 6.33. The molecule has 2 aromatic carbocycles. The third-order valence-electron chi connectivity index (χ3n) is 6.33. The molecule has 6 N–H and O–H groups in total. The lowest BCUT2D eigenvalue weighted by molar-refractivity contribution is -0.00298.